The van der Waals surface area contributed by atoms with E-state index in [2.05, 4.69) is 15.6 Å². The number of hydrogen-bond acceptors (Lipinski definition) is 7. The Hall–Kier alpha value is -3.66. The van der Waals surface area contributed by atoms with Crippen LogP contribution in [0.5, 0.6) is 11.5 Å². The van der Waals surface area contributed by atoms with Gasteiger partial charge < -0.3 is 28.6 Å². The van der Waals surface area contributed by atoms with Crippen LogP contribution in [0.15, 0.2) is 54.7 Å². The summed E-state index contributed by atoms with van der Waals surface area (Å²) in [7, 11) is 0. The second-order valence-electron chi connectivity index (χ2n) is 10.9. The Morgan fingerprint density at radius 2 is 1.95 bits per heavy atom. The SMILES string of the molecule is O=C(O)c1ccc2nc(CC3CCC(c4cccc5c4OCC(c4ccc(Cl)cn4)O5)CO3)n(C[C@@H]3CCO3)c2c1. The van der Waals surface area contributed by atoms with Gasteiger partial charge in [0.05, 0.1) is 52.7 Å². The van der Waals surface area contributed by atoms with Gasteiger partial charge in [-0.25, -0.2) is 9.78 Å². The van der Waals surface area contributed by atoms with Gasteiger partial charge in [-0.15, -0.1) is 0 Å². The number of carbonyl (C=O) groups is 1. The first-order valence-electron chi connectivity index (χ1n) is 14.0. The summed E-state index contributed by atoms with van der Waals surface area (Å²) in [5.41, 5.74) is 3.74. The quantitative estimate of drug-likeness (QED) is 0.304. The highest BCUT2D eigenvalue weighted by atomic mass is 35.5. The highest BCUT2D eigenvalue weighted by Crippen LogP contribution is 2.44. The predicted molar refractivity (Wildman–Crippen MR) is 151 cm³/mol. The van der Waals surface area contributed by atoms with E-state index in [9.17, 15) is 9.90 Å². The van der Waals surface area contributed by atoms with E-state index in [0.717, 1.165) is 59.7 Å². The van der Waals surface area contributed by atoms with E-state index < -0.39 is 5.97 Å². The molecule has 0 radical (unpaired) electrons. The number of rotatable bonds is 7. The number of imidazole rings is 1. The van der Waals surface area contributed by atoms with Gasteiger partial charge in [0.15, 0.2) is 17.6 Å². The number of para-hydroxylation sites is 1. The van der Waals surface area contributed by atoms with Crippen LogP contribution in [0, 0.1) is 0 Å². The van der Waals surface area contributed by atoms with Crippen molar-refractivity contribution in [1.82, 2.24) is 14.5 Å². The fourth-order valence-corrected chi connectivity index (χ4v) is 6.00. The number of aromatic nitrogens is 3. The number of carboxylic acids is 1. The minimum Gasteiger partial charge on any atom is -0.485 e. The van der Waals surface area contributed by atoms with Crippen molar-refractivity contribution in [2.45, 2.75) is 56.5 Å². The summed E-state index contributed by atoms with van der Waals surface area (Å²) in [6, 6.07) is 14.8. The first kappa shape index (κ1) is 26.3. The Bertz CT molecular complexity index is 1580. The number of benzene rings is 2. The molecule has 0 spiro atoms. The highest BCUT2D eigenvalue weighted by molar-refractivity contribution is 6.30. The van der Waals surface area contributed by atoms with Crippen LogP contribution in [0.1, 0.15) is 58.7 Å². The molecule has 4 aromatic rings. The van der Waals surface area contributed by atoms with Gasteiger partial charge in [-0.2, -0.15) is 0 Å². The monoisotopic (exact) mass is 575 g/mol. The van der Waals surface area contributed by atoms with Gasteiger partial charge >= 0.3 is 5.97 Å². The van der Waals surface area contributed by atoms with Gasteiger partial charge in [-0.3, -0.25) is 4.98 Å². The zero-order chi connectivity index (χ0) is 27.9. The molecular weight excluding hydrogens is 546 g/mol. The van der Waals surface area contributed by atoms with Crippen LogP contribution in [-0.4, -0.2) is 57.6 Å². The highest BCUT2D eigenvalue weighted by Gasteiger charge is 2.32. The van der Waals surface area contributed by atoms with Gasteiger partial charge in [-0.05, 0) is 55.7 Å². The first-order valence-corrected chi connectivity index (χ1v) is 14.4. The summed E-state index contributed by atoms with van der Waals surface area (Å²) < 4.78 is 26.7. The minimum atomic E-state index is -0.947. The molecule has 7 rings (SSSR count). The second kappa shape index (κ2) is 11.0. The average Bonchev–Trinajstić information content (AvgIpc) is 3.31. The molecule has 2 saturated heterocycles. The van der Waals surface area contributed by atoms with Gasteiger partial charge in [0.2, 0.25) is 0 Å². The normalized spacial score (nSPS) is 23.7. The van der Waals surface area contributed by atoms with Gasteiger partial charge in [0, 0.05) is 30.7 Å². The standard InChI is InChI=1S/C31H30ClN3O6/c32-20-6-9-25(33-14-20)28-17-40-30-23(2-1-3-27(30)41-28)19-4-7-21(39-16-19)13-29-34-24-8-5-18(31(36)37)12-26(24)35(29)15-22-10-11-38-22/h1-3,5-6,8-9,12,14,19,21-22,28H,4,7,10-11,13,15-17H2,(H,36,37)/t19?,21?,22-,28?/m0/s1. The number of hydrogen-bond donors (Lipinski definition) is 1. The maximum Gasteiger partial charge on any atom is 0.335 e. The van der Waals surface area contributed by atoms with E-state index in [-0.39, 0.29) is 29.8 Å². The van der Waals surface area contributed by atoms with Crippen molar-refractivity contribution in [3.05, 3.63) is 82.4 Å². The lowest BCUT2D eigenvalue weighted by Crippen LogP contribution is -2.33. The number of pyridine rings is 1. The molecule has 41 heavy (non-hydrogen) atoms. The van der Waals surface area contributed by atoms with Crippen LogP contribution in [0.2, 0.25) is 5.02 Å². The van der Waals surface area contributed by atoms with Crippen molar-refractivity contribution in [1.29, 1.82) is 0 Å². The molecule has 3 aliphatic rings. The molecule has 0 saturated carbocycles. The molecule has 2 aromatic carbocycles. The molecule has 3 aliphatic heterocycles. The predicted octanol–water partition coefficient (Wildman–Crippen LogP) is 5.59. The van der Waals surface area contributed by atoms with E-state index in [1.165, 1.54) is 0 Å². The van der Waals surface area contributed by atoms with Crippen LogP contribution < -0.4 is 9.47 Å². The van der Waals surface area contributed by atoms with Gasteiger partial charge in [-0.1, -0.05) is 23.7 Å². The van der Waals surface area contributed by atoms with Gasteiger partial charge in [0.1, 0.15) is 12.4 Å². The van der Waals surface area contributed by atoms with E-state index in [1.807, 2.05) is 18.2 Å². The third-order valence-electron chi connectivity index (χ3n) is 8.21. The smallest absolute Gasteiger partial charge is 0.335 e. The van der Waals surface area contributed by atoms with Crippen LogP contribution in [-0.2, 0) is 22.4 Å². The fourth-order valence-electron chi connectivity index (χ4n) is 5.88. The van der Waals surface area contributed by atoms with E-state index >= 15 is 0 Å². The maximum atomic E-state index is 11.6. The van der Waals surface area contributed by atoms with Gasteiger partial charge in [0.25, 0.3) is 0 Å². The molecule has 4 atom stereocenters. The summed E-state index contributed by atoms with van der Waals surface area (Å²) in [5.74, 6) is 1.64. The van der Waals surface area contributed by atoms with E-state index in [0.29, 0.717) is 37.0 Å². The number of fused-ring (bicyclic) bond motifs is 2. The Morgan fingerprint density at radius 3 is 2.68 bits per heavy atom. The molecule has 0 amide bonds. The van der Waals surface area contributed by atoms with Crippen LogP contribution >= 0.6 is 11.6 Å². The van der Waals surface area contributed by atoms with Crippen molar-refractivity contribution >= 4 is 28.6 Å². The molecule has 2 fully saturated rings. The Balaban J connectivity index is 1.05. The number of nitrogens with zero attached hydrogens (tertiary/aromatic N) is 3. The largest absolute Gasteiger partial charge is 0.485 e. The molecule has 0 bridgehead atoms. The van der Waals surface area contributed by atoms with Crippen LogP contribution in [0.3, 0.4) is 0 Å². The number of ether oxygens (including phenoxy) is 4. The molecule has 5 heterocycles. The lowest BCUT2D eigenvalue weighted by molar-refractivity contribution is -0.0594. The molecule has 10 heteroatoms. The van der Waals surface area contributed by atoms with Crippen LogP contribution in [0.25, 0.3) is 11.0 Å². The van der Waals surface area contributed by atoms with E-state index in [1.54, 1.807) is 30.5 Å². The molecule has 3 unspecified atom stereocenters. The summed E-state index contributed by atoms with van der Waals surface area (Å²) >= 11 is 5.99. The van der Waals surface area contributed by atoms with Crippen molar-refractivity contribution < 1.29 is 28.8 Å². The third-order valence-corrected chi connectivity index (χ3v) is 8.44. The Morgan fingerprint density at radius 1 is 1.05 bits per heavy atom. The molecule has 2 aromatic heterocycles. The lowest BCUT2D eigenvalue weighted by atomic mass is 9.89. The first-order chi connectivity index (χ1) is 20.0. The third kappa shape index (κ3) is 5.25. The lowest BCUT2D eigenvalue weighted by Gasteiger charge is -2.33. The maximum absolute atomic E-state index is 11.6. The molecule has 212 valence electrons. The zero-order valence-corrected chi connectivity index (χ0v) is 23.1. The zero-order valence-electron chi connectivity index (χ0n) is 22.4. The summed E-state index contributed by atoms with van der Waals surface area (Å²) in [6.07, 6.45) is 4.92. The summed E-state index contributed by atoms with van der Waals surface area (Å²) in [5, 5.41) is 10.1. The average molecular weight is 576 g/mol. The molecule has 9 nitrogen and oxygen atoms in total. The van der Waals surface area contributed by atoms with Crippen molar-refractivity contribution in [2.24, 2.45) is 0 Å². The number of halogens is 1. The number of carboxylic acid groups (broad SMARTS) is 1. The van der Waals surface area contributed by atoms with Crippen molar-refractivity contribution in [2.75, 3.05) is 19.8 Å². The second-order valence-corrected chi connectivity index (χ2v) is 11.3. The van der Waals surface area contributed by atoms with Crippen LogP contribution in [0.4, 0.5) is 0 Å². The van der Waals surface area contributed by atoms with E-state index in [4.69, 9.17) is 35.5 Å². The topological polar surface area (TPSA) is 105 Å². The summed E-state index contributed by atoms with van der Waals surface area (Å²) in [6.45, 7) is 2.36. The fraction of sp³-hybridized carbons (Fsp3) is 0.387. The Kier molecular flexibility index (Phi) is 7.02. The summed E-state index contributed by atoms with van der Waals surface area (Å²) in [4.78, 5) is 20.9. The molecule has 0 aliphatic carbocycles. The van der Waals surface area contributed by atoms with Crippen molar-refractivity contribution in [3.63, 3.8) is 0 Å². The number of aromatic carboxylic acids is 1. The molecular formula is C31H30ClN3O6. The Labute approximate surface area is 242 Å². The molecule has 1 N–H and O–H groups in total. The minimum absolute atomic E-state index is 0.0140. The van der Waals surface area contributed by atoms with Crippen molar-refractivity contribution in [3.8, 4) is 11.5 Å².